The van der Waals surface area contributed by atoms with Crippen molar-refractivity contribution in [1.29, 1.82) is 0 Å². The largest absolute Gasteiger partial charge is 0.484 e. The maximum Gasteiger partial charge on any atom is 0.254 e. The summed E-state index contributed by atoms with van der Waals surface area (Å²) in [7, 11) is 1.78. The summed E-state index contributed by atoms with van der Waals surface area (Å²) in [6, 6.07) is 3.85. The van der Waals surface area contributed by atoms with Crippen molar-refractivity contribution in [2.24, 2.45) is 5.92 Å². The second-order valence-electron chi connectivity index (χ2n) is 10.3. The zero-order chi connectivity index (χ0) is 26.3. The number of halogens is 2. The van der Waals surface area contributed by atoms with Crippen LogP contribution in [0.5, 0.6) is 11.5 Å². The highest BCUT2D eigenvalue weighted by atomic mass is 35.5. The van der Waals surface area contributed by atoms with Gasteiger partial charge in [0.05, 0.1) is 28.3 Å². The summed E-state index contributed by atoms with van der Waals surface area (Å²) in [4.78, 5) is 30.6. The molecule has 1 atom stereocenters. The van der Waals surface area contributed by atoms with E-state index in [1.165, 1.54) is 0 Å². The number of likely N-dealkylation sites (tertiary alicyclic amines) is 1. The Kier molecular flexibility index (Phi) is 7.73. The molecule has 5 rings (SSSR count). The molecule has 0 spiro atoms. The minimum absolute atomic E-state index is 0.00715. The first-order valence-corrected chi connectivity index (χ1v) is 13.6. The van der Waals surface area contributed by atoms with Crippen molar-refractivity contribution in [2.45, 2.75) is 64.3 Å². The molecule has 2 N–H and O–H groups in total. The lowest BCUT2D eigenvalue weighted by Crippen LogP contribution is -2.57. The maximum absolute atomic E-state index is 13.1. The highest BCUT2D eigenvalue weighted by molar-refractivity contribution is 6.33. The average Bonchev–Trinajstić information content (AvgIpc) is 2.85. The fourth-order valence-corrected chi connectivity index (χ4v) is 6.22. The van der Waals surface area contributed by atoms with Crippen molar-refractivity contribution in [2.75, 3.05) is 26.8 Å². The van der Waals surface area contributed by atoms with Gasteiger partial charge in [-0.05, 0) is 57.6 Å². The number of pyridine rings is 1. The summed E-state index contributed by atoms with van der Waals surface area (Å²) >= 11 is 12.7. The van der Waals surface area contributed by atoms with Crippen LogP contribution in [0.1, 0.15) is 52.9 Å². The number of fused-ring (bicyclic) bond motifs is 1. The summed E-state index contributed by atoms with van der Waals surface area (Å²) < 4.78 is 17.9. The smallest absolute Gasteiger partial charge is 0.254 e. The fourth-order valence-electron chi connectivity index (χ4n) is 5.66. The summed E-state index contributed by atoms with van der Waals surface area (Å²) in [6.45, 7) is 6.06. The van der Waals surface area contributed by atoms with Crippen LogP contribution in [0, 0.1) is 19.8 Å². The third-order valence-corrected chi connectivity index (χ3v) is 8.60. The molecule has 2 aliphatic heterocycles. The van der Waals surface area contributed by atoms with Crippen molar-refractivity contribution in [3.8, 4) is 11.5 Å². The molecule has 1 saturated heterocycles. The van der Waals surface area contributed by atoms with E-state index < -0.39 is 0 Å². The number of nitrogens with zero attached hydrogens (tertiary/aromatic N) is 1. The SMILES string of the molecule is COC1CN([C@H]2CC[C@@H]([C@H]3COc4c(Cl)cc(C(=O)NCc5c(Cl)cc(C)[nH]c5=O)c(C)c4O3)CC2)C1. The quantitative estimate of drug-likeness (QED) is 0.559. The first-order chi connectivity index (χ1) is 17.7. The normalized spacial score (nSPS) is 24.0. The van der Waals surface area contributed by atoms with E-state index in [0.717, 1.165) is 38.8 Å². The molecular formula is C27H33Cl2N3O5. The first-order valence-electron chi connectivity index (χ1n) is 12.8. The molecule has 0 unspecified atom stereocenters. The van der Waals surface area contributed by atoms with Gasteiger partial charge >= 0.3 is 0 Å². The van der Waals surface area contributed by atoms with Gasteiger partial charge in [0, 0.05) is 43.1 Å². The molecule has 2 aromatic rings. The van der Waals surface area contributed by atoms with Crippen LogP contribution in [0.3, 0.4) is 0 Å². The Morgan fingerprint density at radius 3 is 2.54 bits per heavy atom. The molecule has 1 saturated carbocycles. The number of aryl methyl sites for hydroxylation is 1. The van der Waals surface area contributed by atoms with E-state index in [1.807, 2.05) is 6.92 Å². The van der Waals surface area contributed by atoms with E-state index in [1.54, 1.807) is 26.2 Å². The van der Waals surface area contributed by atoms with Gasteiger partial charge in [-0.1, -0.05) is 23.2 Å². The van der Waals surface area contributed by atoms with Crippen LogP contribution in [0.2, 0.25) is 10.0 Å². The van der Waals surface area contributed by atoms with Crippen LogP contribution in [0.4, 0.5) is 0 Å². The predicted molar refractivity (Wildman–Crippen MR) is 142 cm³/mol. The van der Waals surface area contributed by atoms with Gasteiger partial charge in [-0.3, -0.25) is 14.5 Å². The monoisotopic (exact) mass is 549 g/mol. The molecule has 1 aliphatic carbocycles. The molecule has 1 aromatic carbocycles. The van der Waals surface area contributed by atoms with E-state index >= 15 is 0 Å². The molecule has 37 heavy (non-hydrogen) atoms. The number of aromatic nitrogens is 1. The Morgan fingerprint density at radius 1 is 1.14 bits per heavy atom. The molecule has 8 nitrogen and oxygen atoms in total. The summed E-state index contributed by atoms with van der Waals surface area (Å²) in [5, 5.41) is 3.42. The Morgan fingerprint density at radius 2 is 1.86 bits per heavy atom. The number of rotatable bonds is 6. The number of hydrogen-bond acceptors (Lipinski definition) is 6. The number of benzene rings is 1. The average molecular weight is 550 g/mol. The summed E-state index contributed by atoms with van der Waals surface area (Å²) in [5.74, 6) is 1.01. The number of carbonyl (C=O) groups excluding carboxylic acids is 1. The molecule has 0 radical (unpaired) electrons. The third-order valence-electron chi connectivity index (χ3n) is 7.98. The zero-order valence-corrected chi connectivity index (χ0v) is 22.9. The molecule has 3 heterocycles. The Hall–Kier alpha value is -2.26. The fraction of sp³-hybridized carbons (Fsp3) is 0.556. The van der Waals surface area contributed by atoms with Gasteiger partial charge in [0.1, 0.15) is 12.7 Å². The molecule has 1 aromatic heterocycles. The minimum atomic E-state index is -0.367. The van der Waals surface area contributed by atoms with E-state index in [9.17, 15) is 9.59 Å². The van der Waals surface area contributed by atoms with E-state index in [0.29, 0.717) is 68.6 Å². The van der Waals surface area contributed by atoms with Crippen molar-refractivity contribution < 1.29 is 19.0 Å². The minimum Gasteiger partial charge on any atom is -0.484 e. The lowest BCUT2D eigenvalue weighted by molar-refractivity contribution is -0.0649. The second-order valence-corrected chi connectivity index (χ2v) is 11.1. The molecule has 2 fully saturated rings. The Labute approximate surface area is 226 Å². The van der Waals surface area contributed by atoms with E-state index in [-0.39, 0.29) is 24.1 Å². The van der Waals surface area contributed by atoms with E-state index in [4.69, 9.17) is 37.4 Å². The Balaban J connectivity index is 1.25. The van der Waals surface area contributed by atoms with E-state index in [2.05, 4.69) is 15.2 Å². The van der Waals surface area contributed by atoms with Crippen molar-refractivity contribution in [3.05, 3.63) is 54.9 Å². The number of nitrogens with one attached hydrogen (secondary N) is 2. The maximum atomic E-state index is 13.1. The molecule has 200 valence electrons. The van der Waals surface area contributed by atoms with Crippen LogP contribution in [-0.2, 0) is 11.3 Å². The number of methoxy groups -OCH3 is 1. The topological polar surface area (TPSA) is 92.9 Å². The van der Waals surface area contributed by atoms with Crippen LogP contribution < -0.4 is 20.3 Å². The number of amides is 1. The lowest BCUT2D eigenvalue weighted by atomic mass is 9.81. The van der Waals surface area contributed by atoms with Gasteiger partial charge in [0.2, 0.25) is 0 Å². The number of ether oxygens (including phenoxy) is 3. The molecule has 0 bridgehead atoms. The molecule has 10 heteroatoms. The van der Waals surface area contributed by atoms with Crippen LogP contribution in [0.15, 0.2) is 16.9 Å². The van der Waals surface area contributed by atoms with Crippen LogP contribution in [0.25, 0.3) is 0 Å². The van der Waals surface area contributed by atoms with Gasteiger partial charge < -0.3 is 24.5 Å². The molecule has 1 amide bonds. The predicted octanol–water partition coefficient (Wildman–Crippen LogP) is 4.26. The molecular weight excluding hydrogens is 517 g/mol. The Bertz CT molecular complexity index is 1240. The van der Waals surface area contributed by atoms with Crippen LogP contribution >= 0.6 is 23.2 Å². The lowest BCUT2D eigenvalue weighted by Gasteiger charge is -2.46. The third kappa shape index (κ3) is 5.35. The van der Waals surface area contributed by atoms with Gasteiger partial charge in [0.25, 0.3) is 11.5 Å². The summed E-state index contributed by atoms with van der Waals surface area (Å²) in [6.07, 6.45) is 4.70. The van der Waals surface area contributed by atoms with Crippen LogP contribution in [-0.4, -0.2) is 60.8 Å². The molecule has 3 aliphatic rings. The highest BCUT2D eigenvalue weighted by Gasteiger charge is 2.38. The van der Waals surface area contributed by atoms with Crippen molar-refractivity contribution in [1.82, 2.24) is 15.2 Å². The first kappa shape index (κ1) is 26.4. The number of carbonyl (C=O) groups is 1. The summed E-state index contributed by atoms with van der Waals surface area (Å²) in [5.41, 5.74) is 1.66. The van der Waals surface area contributed by atoms with Gasteiger partial charge in [-0.2, -0.15) is 0 Å². The van der Waals surface area contributed by atoms with Gasteiger partial charge in [-0.15, -0.1) is 0 Å². The second kappa shape index (κ2) is 10.8. The van der Waals surface area contributed by atoms with Gasteiger partial charge in [0.15, 0.2) is 11.5 Å². The number of hydrogen-bond donors (Lipinski definition) is 2. The van der Waals surface area contributed by atoms with Crippen molar-refractivity contribution >= 4 is 29.1 Å². The van der Waals surface area contributed by atoms with Crippen molar-refractivity contribution in [3.63, 3.8) is 0 Å². The number of H-pyrrole nitrogens is 1. The standard InChI is InChI=1S/C27H33Cl2N3O5/c1-14-8-21(28)20(27(34)31-14)10-30-26(33)19-9-22(29)25-24(15(19)2)37-23(13-36-25)16-4-6-17(7-5-16)32-11-18(12-32)35-3/h8-9,16-18,23H,4-7,10-13H2,1-3H3,(H,30,33)(H,31,34)/t16-,17+,23-/m1/s1. The highest BCUT2D eigenvalue weighted by Crippen LogP contribution is 2.45. The zero-order valence-electron chi connectivity index (χ0n) is 21.4. The number of aromatic amines is 1. The van der Waals surface area contributed by atoms with Gasteiger partial charge in [-0.25, -0.2) is 0 Å².